The molecule has 60 heavy (non-hydrogen) atoms. The minimum Gasteiger partial charge on any atom is -0.466 e. The maximum atomic E-state index is 12.0. The van der Waals surface area contributed by atoms with Gasteiger partial charge in [-0.3, -0.25) is 9.59 Å². The molecule has 0 saturated carbocycles. The fourth-order valence-corrected chi connectivity index (χ4v) is 8.19. The van der Waals surface area contributed by atoms with E-state index in [-0.39, 0.29) is 17.5 Å². The summed E-state index contributed by atoms with van der Waals surface area (Å²) in [5.74, 6) is -0.0360. The Morgan fingerprint density at radius 1 is 0.333 bits per heavy atom. The quantitative estimate of drug-likeness (QED) is 0.0348. The zero-order chi connectivity index (χ0) is 43.7. The molecule has 4 nitrogen and oxygen atoms in total. The number of esters is 2. The first-order chi connectivity index (χ1) is 29.3. The molecule has 0 aromatic carbocycles. The second-order valence-corrected chi connectivity index (χ2v) is 19.5. The van der Waals surface area contributed by atoms with Crippen molar-refractivity contribution in [2.45, 2.75) is 316 Å². The molecule has 0 bridgehead atoms. The largest absolute Gasteiger partial charge is 0.466 e. The molecule has 0 fully saturated rings. The Labute approximate surface area is 376 Å². The van der Waals surface area contributed by atoms with Gasteiger partial charge in [0.25, 0.3) is 0 Å². The minimum atomic E-state index is -0.354. The summed E-state index contributed by atoms with van der Waals surface area (Å²) in [6, 6.07) is 0. The summed E-state index contributed by atoms with van der Waals surface area (Å²) in [6.07, 6.45) is 66.1. The number of carbonyl (C=O) groups is 2. The average molecular weight is 843 g/mol. The van der Waals surface area contributed by atoms with E-state index in [2.05, 4.69) is 31.2 Å². The van der Waals surface area contributed by atoms with Crippen LogP contribution in [-0.2, 0) is 19.1 Å². The molecule has 0 aliphatic heterocycles. The van der Waals surface area contributed by atoms with Crippen LogP contribution in [0, 0.1) is 0 Å². The summed E-state index contributed by atoms with van der Waals surface area (Å²) in [5.41, 5.74) is -0.354. The van der Waals surface area contributed by atoms with Gasteiger partial charge in [0.05, 0.1) is 6.61 Å². The van der Waals surface area contributed by atoms with Crippen molar-refractivity contribution in [3.63, 3.8) is 0 Å². The Balaban J connectivity index is 3.22. The normalized spacial score (nSPS) is 12.0. The Bertz CT molecular complexity index is 930. The van der Waals surface area contributed by atoms with Gasteiger partial charge in [-0.25, -0.2) is 0 Å². The first-order valence-corrected chi connectivity index (χ1v) is 27.0. The van der Waals surface area contributed by atoms with Crippen LogP contribution in [0.2, 0.25) is 0 Å². The predicted molar refractivity (Wildman–Crippen MR) is 264 cm³/mol. The zero-order valence-corrected chi connectivity index (χ0v) is 41.3. The van der Waals surface area contributed by atoms with E-state index < -0.39 is 0 Å². The lowest BCUT2D eigenvalue weighted by atomic mass is 10.0. The standard InChI is InChI=1S/C56H106O4/c1-5-6-7-8-9-10-11-12-30-33-36-39-42-45-48-51-54(57)59-53-50-47-44-41-38-35-32-29-27-25-23-21-19-17-15-13-14-16-18-20-22-24-26-28-31-34-37-40-43-46-49-52-55(58)60-56(2,3)4/h12,27,29-30H,5-11,13-26,28,31-53H2,1-4H3/b29-27-,30-12-. The highest BCUT2D eigenvalue weighted by Crippen LogP contribution is 2.17. The first kappa shape index (κ1) is 58.4. The summed E-state index contributed by atoms with van der Waals surface area (Å²) in [4.78, 5) is 23.8. The molecule has 0 atom stereocenters. The lowest BCUT2D eigenvalue weighted by molar-refractivity contribution is -0.155. The SMILES string of the molecule is CCCCCCCC/C=C\CCCCCCCC(=O)OCCCCCCCC/C=C\CCCCCCCCCCCCCCCCCCCCCCCC(=O)OC(C)(C)C. The average Bonchev–Trinajstić information content (AvgIpc) is 3.21. The maximum Gasteiger partial charge on any atom is 0.306 e. The van der Waals surface area contributed by atoms with Crippen molar-refractivity contribution in [2.24, 2.45) is 0 Å². The molecule has 0 aromatic rings. The van der Waals surface area contributed by atoms with E-state index in [1.54, 1.807) is 0 Å². The minimum absolute atomic E-state index is 0.00869. The van der Waals surface area contributed by atoms with Crippen molar-refractivity contribution in [1.29, 1.82) is 0 Å². The van der Waals surface area contributed by atoms with Gasteiger partial charge in [-0.2, -0.15) is 0 Å². The third-order valence-corrected chi connectivity index (χ3v) is 12.0. The van der Waals surface area contributed by atoms with Crippen LogP contribution >= 0.6 is 0 Å². The van der Waals surface area contributed by atoms with E-state index in [4.69, 9.17) is 9.47 Å². The van der Waals surface area contributed by atoms with Crippen molar-refractivity contribution in [3.05, 3.63) is 24.3 Å². The van der Waals surface area contributed by atoms with Crippen molar-refractivity contribution in [2.75, 3.05) is 6.61 Å². The highest BCUT2D eigenvalue weighted by molar-refractivity contribution is 5.69. The van der Waals surface area contributed by atoms with Crippen LogP contribution in [-0.4, -0.2) is 24.1 Å². The molecule has 0 aliphatic carbocycles. The number of ether oxygens (including phenoxy) is 2. The monoisotopic (exact) mass is 843 g/mol. The molecular formula is C56H106O4. The zero-order valence-electron chi connectivity index (χ0n) is 41.3. The lowest BCUT2D eigenvalue weighted by Gasteiger charge is -2.19. The number of allylic oxidation sites excluding steroid dienone is 4. The van der Waals surface area contributed by atoms with Crippen LogP contribution < -0.4 is 0 Å². The van der Waals surface area contributed by atoms with Gasteiger partial charge >= 0.3 is 11.9 Å². The summed E-state index contributed by atoms with van der Waals surface area (Å²) in [6.45, 7) is 8.70. The van der Waals surface area contributed by atoms with Gasteiger partial charge < -0.3 is 9.47 Å². The van der Waals surface area contributed by atoms with E-state index in [1.165, 1.54) is 238 Å². The van der Waals surface area contributed by atoms with E-state index >= 15 is 0 Å². The van der Waals surface area contributed by atoms with Gasteiger partial charge in [0.15, 0.2) is 0 Å². The Hall–Kier alpha value is -1.58. The lowest BCUT2D eigenvalue weighted by Crippen LogP contribution is -2.23. The van der Waals surface area contributed by atoms with Crippen LogP contribution in [0.15, 0.2) is 24.3 Å². The van der Waals surface area contributed by atoms with Gasteiger partial charge in [-0.05, 0) is 91.4 Å². The highest BCUT2D eigenvalue weighted by atomic mass is 16.6. The molecule has 0 amide bonds. The Morgan fingerprint density at radius 2 is 0.583 bits per heavy atom. The van der Waals surface area contributed by atoms with Crippen LogP contribution in [0.4, 0.5) is 0 Å². The third-order valence-electron chi connectivity index (χ3n) is 12.0. The predicted octanol–water partition coefficient (Wildman–Crippen LogP) is 19.2. The molecule has 354 valence electrons. The van der Waals surface area contributed by atoms with E-state index in [0.717, 1.165) is 32.1 Å². The van der Waals surface area contributed by atoms with E-state index in [0.29, 0.717) is 19.4 Å². The molecule has 0 aromatic heterocycles. The van der Waals surface area contributed by atoms with Gasteiger partial charge in [0.2, 0.25) is 0 Å². The number of hydrogen-bond acceptors (Lipinski definition) is 4. The smallest absolute Gasteiger partial charge is 0.306 e. The Kier molecular flexibility index (Phi) is 47.2. The molecule has 0 radical (unpaired) electrons. The number of hydrogen-bond donors (Lipinski definition) is 0. The molecule has 0 saturated heterocycles. The number of unbranched alkanes of at least 4 members (excludes halogenated alkanes) is 38. The van der Waals surface area contributed by atoms with Gasteiger partial charge in [-0.1, -0.05) is 230 Å². The summed E-state index contributed by atoms with van der Waals surface area (Å²) >= 11 is 0. The number of carbonyl (C=O) groups excluding carboxylic acids is 2. The van der Waals surface area contributed by atoms with Gasteiger partial charge in [0, 0.05) is 12.8 Å². The Morgan fingerprint density at radius 3 is 0.883 bits per heavy atom. The first-order valence-electron chi connectivity index (χ1n) is 27.0. The molecule has 0 rings (SSSR count). The third kappa shape index (κ3) is 52.6. The van der Waals surface area contributed by atoms with E-state index in [9.17, 15) is 9.59 Å². The van der Waals surface area contributed by atoms with Crippen molar-refractivity contribution in [3.8, 4) is 0 Å². The topological polar surface area (TPSA) is 52.6 Å². The van der Waals surface area contributed by atoms with Crippen molar-refractivity contribution < 1.29 is 19.1 Å². The van der Waals surface area contributed by atoms with Crippen LogP contribution in [0.1, 0.15) is 310 Å². The molecule has 0 spiro atoms. The molecule has 0 aliphatic rings. The van der Waals surface area contributed by atoms with Crippen LogP contribution in [0.25, 0.3) is 0 Å². The van der Waals surface area contributed by atoms with Gasteiger partial charge in [-0.15, -0.1) is 0 Å². The molecule has 0 unspecified atom stereocenters. The second kappa shape index (κ2) is 48.5. The molecule has 4 heteroatoms. The molecule has 0 heterocycles. The van der Waals surface area contributed by atoms with E-state index in [1.807, 2.05) is 20.8 Å². The van der Waals surface area contributed by atoms with Crippen LogP contribution in [0.5, 0.6) is 0 Å². The van der Waals surface area contributed by atoms with Crippen molar-refractivity contribution >= 4 is 11.9 Å². The molecular weight excluding hydrogens is 737 g/mol. The molecule has 0 N–H and O–H groups in total. The van der Waals surface area contributed by atoms with Gasteiger partial charge in [0.1, 0.15) is 5.60 Å². The summed E-state index contributed by atoms with van der Waals surface area (Å²) in [5, 5.41) is 0. The second-order valence-electron chi connectivity index (χ2n) is 19.5. The fraction of sp³-hybridized carbons (Fsp3) is 0.893. The fourth-order valence-electron chi connectivity index (χ4n) is 8.19. The van der Waals surface area contributed by atoms with Crippen LogP contribution in [0.3, 0.4) is 0 Å². The van der Waals surface area contributed by atoms with Crippen molar-refractivity contribution in [1.82, 2.24) is 0 Å². The maximum absolute atomic E-state index is 12.0. The number of rotatable bonds is 48. The summed E-state index contributed by atoms with van der Waals surface area (Å²) in [7, 11) is 0. The summed E-state index contributed by atoms with van der Waals surface area (Å²) < 4.78 is 10.9. The highest BCUT2D eigenvalue weighted by Gasteiger charge is 2.15.